The van der Waals surface area contributed by atoms with Crippen molar-refractivity contribution in [3.63, 3.8) is 0 Å². The second-order valence-electron chi connectivity index (χ2n) is 5.45. The molecule has 0 saturated heterocycles. The number of aromatic nitrogens is 1. The lowest BCUT2D eigenvalue weighted by molar-refractivity contribution is -0.123. The molecule has 0 spiro atoms. The van der Waals surface area contributed by atoms with Crippen LogP contribution in [0.3, 0.4) is 0 Å². The molecule has 1 amide bonds. The van der Waals surface area contributed by atoms with Crippen molar-refractivity contribution in [3.05, 3.63) is 72.1 Å². The van der Waals surface area contributed by atoms with Gasteiger partial charge < -0.3 is 5.73 Å². The standard InChI is InChI=1S/C18H19N3O/c19-18(22)17(14-6-2-1-3-7-14)21-11-5-9-16(13-21)15-8-4-10-20-12-15/h1-4,6-10,12,17H,5,11,13H2,(H2,19,22)/t17-/m0/s1. The normalized spacial score (nSPS) is 16.8. The first-order valence-corrected chi connectivity index (χ1v) is 7.43. The van der Waals surface area contributed by atoms with Crippen LogP contribution in [0.25, 0.3) is 5.57 Å². The Hall–Kier alpha value is -2.46. The van der Waals surface area contributed by atoms with Gasteiger partial charge in [-0.3, -0.25) is 14.7 Å². The molecular formula is C18H19N3O. The first-order chi connectivity index (χ1) is 10.8. The molecule has 0 aliphatic carbocycles. The number of hydrogen-bond donors (Lipinski definition) is 1. The van der Waals surface area contributed by atoms with Gasteiger partial charge in [0, 0.05) is 25.5 Å². The zero-order valence-corrected chi connectivity index (χ0v) is 12.4. The molecule has 0 fully saturated rings. The molecule has 1 aromatic heterocycles. The van der Waals surface area contributed by atoms with Crippen LogP contribution in [-0.2, 0) is 4.79 Å². The predicted octanol–water partition coefficient (Wildman–Crippen LogP) is 2.40. The topological polar surface area (TPSA) is 59.2 Å². The quantitative estimate of drug-likeness (QED) is 0.941. The van der Waals surface area contributed by atoms with Crippen molar-refractivity contribution >= 4 is 11.5 Å². The van der Waals surface area contributed by atoms with Crippen LogP contribution in [-0.4, -0.2) is 28.9 Å². The van der Waals surface area contributed by atoms with Crippen LogP contribution in [0.5, 0.6) is 0 Å². The van der Waals surface area contributed by atoms with Crippen molar-refractivity contribution in [1.29, 1.82) is 0 Å². The predicted molar refractivity (Wildman–Crippen MR) is 86.8 cm³/mol. The number of benzene rings is 1. The lowest BCUT2D eigenvalue weighted by Crippen LogP contribution is -2.40. The van der Waals surface area contributed by atoms with E-state index in [-0.39, 0.29) is 11.9 Å². The van der Waals surface area contributed by atoms with Gasteiger partial charge in [-0.15, -0.1) is 0 Å². The average Bonchev–Trinajstić information content (AvgIpc) is 2.57. The number of primary amides is 1. The highest BCUT2D eigenvalue weighted by molar-refractivity contribution is 5.82. The minimum absolute atomic E-state index is 0.307. The van der Waals surface area contributed by atoms with Crippen molar-refractivity contribution < 1.29 is 4.79 Å². The third kappa shape index (κ3) is 3.07. The van der Waals surface area contributed by atoms with Crippen molar-refractivity contribution in [2.45, 2.75) is 12.5 Å². The summed E-state index contributed by atoms with van der Waals surface area (Å²) in [7, 11) is 0. The second-order valence-corrected chi connectivity index (χ2v) is 5.45. The van der Waals surface area contributed by atoms with Gasteiger partial charge >= 0.3 is 0 Å². The van der Waals surface area contributed by atoms with Crippen molar-refractivity contribution in [2.75, 3.05) is 13.1 Å². The summed E-state index contributed by atoms with van der Waals surface area (Å²) in [5.74, 6) is -0.307. The van der Waals surface area contributed by atoms with Crippen LogP contribution in [0.2, 0.25) is 0 Å². The Bertz CT molecular complexity index is 667. The summed E-state index contributed by atoms with van der Waals surface area (Å²) >= 11 is 0. The number of carbonyl (C=O) groups excluding carboxylic acids is 1. The number of carbonyl (C=O) groups is 1. The molecule has 22 heavy (non-hydrogen) atoms. The number of nitrogens with two attached hydrogens (primary N) is 1. The zero-order chi connectivity index (χ0) is 15.4. The molecule has 1 aliphatic rings. The maximum Gasteiger partial charge on any atom is 0.239 e. The smallest absolute Gasteiger partial charge is 0.239 e. The molecule has 112 valence electrons. The molecule has 0 saturated carbocycles. The second kappa shape index (κ2) is 6.54. The van der Waals surface area contributed by atoms with E-state index in [0.717, 1.165) is 24.1 Å². The van der Waals surface area contributed by atoms with E-state index < -0.39 is 0 Å². The molecule has 0 radical (unpaired) electrons. The van der Waals surface area contributed by atoms with Gasteiger partial charge in [0.15, 0.2) is 0 Å². The molecule has 1 aliphatic heterocycles. The van der Waals surface area contributed by atoms with Crippen molar-refractivity contribution in [1.82, 2.24) is 9.88 Å². The van der Waals surface area contributed by atoms with Crippen LogP contribution in [0.4, 0.5) is 0 Å². The Morgan fingerprint density at radius 1 is 1.18 bits per heavy atom. The Morgan fingerprint density at radius 2 is 2.00 bits per heavy atom. The molecule has 0 unspecified atom stereocenters. The molecule has 3 rings (SSSR count). The molecular weight excluding hydrogens is 274 g/mol. The molecule has 2 N–H and O–H groups in total. The number of pyridine rings is 1. The van der Waals surface area contributed by atoms with Gasteiger partial charge in [0.2, 0.25) is 5.91 Å². The number of amides is 1. The minimum Gasteiger partial charge on any atom is -0.368 e. The van der Waals surface area contributed by atoms with E-state index in [4.69, 9.17) is 5.73 Å². The van der Waals surface area contributed by atoms with Crippen LogP contribution >= 0.6 is 0 Å². The summed E-state index contributed by atoms with van der Waals surface area (Å²) in [6.07, 6.45) is 6.75. The maximum absolute atomic E-state index is 12.0. The third-order valence-corrected chi connectivity index (χ3v) is 3.96. The van der Waals surface area contributed by atoms with Gasteiger partial charge in [0.05, 0.1) is 0 Å². The SMILES string of the molecule is NC(=O)[C@H](c1ccccc1)N1CCC=C(c2cccnc2)C1. The van der Waals surface area contributed by atoms with E-state index in [9.17, 15) is 4.79 Å². The van der Waals surface area contributed by atoms with Gasteiger partial charge in [-0.1, -0.05) is 42.5 Å². The summed E-state index contributed by atoms with van der Waals surface area (Å²) in [5.41, 5.74) is 8.91. The van der Waals surface area contributed by atoms with Gasteiger partial charge in [0.1, 0.15) is 6.04 Å². The summed E-state index contributed by atoms with van der Waals surface area (Å²) in [4.78, 5) is 18.3. The molecule has 4 heteroatoms. The fraction of sp³-hybridized carbons (Fsp3) is 0.222. The van der Waals surface area contributed by atoms with E-state index in [2.05, 4.69) is 16.0 Å². The Kier molecular flexibility index (Phi) is 4.30. The molecule has 0 bridgehead atoms. The molecule has 2 aromatic rings. The van der Waals surface area contributed by atoms with Crippen LogP contribution in [0, 0.1) is 0 Å². The minimum atomic E-state index is -0.387. The summed E-state index contributed by atoms with van der Waals surface area (Å²) in [6.45, 7) is 1.53. The zero-order valence-electron chi connectivity index (χ0n) is 12.4. The van der Waals surface area contributed by atoms with Gasteiger partial charge in [-0.2, -0.15) is 0 Å². The molecule has 2 heterocycles. The molecule has 1 aromatic carbocycles. The third-order valence-electron chi connectivity index (χ3n) is 3.96. The first kappa shape index (κ1) is 14.5. The van der Waals surface area contributed by atoms with Crippen LogP contribution < -0.4 is 5.73 Å². The highest BCUT2D eigenvalue weighted by Crippen LogP contribution is 2.27. The van der Waals surface area contributed by atoms with E-state index in [1.54, 1.807) is 6.20 Å². The van der Waals surface area contributed by atoms with E-state index in [0.29, 0.717) is 6.54 Å². The summed E-state index contributed by atoms with van der Waals surface area (Å²) < 4.78 is 0. The first-order valence-electron chi connectivity index (χ1n) is 7.43. The summed E-state index contributed by atoms with van der Waals surface area (Å²) in [5, 5.41) is 0. The largest absolute Gasteiger partial charge is 0.368 e. The van der Waals surface area contributed by atoms with Gasteiger partial charge in [-0.25, -0.2) is 0 Å². The number of hydrogen-bond acceptors (Lipinski definition) is 3. The number of rotatable bonds is 4. The highest BCUT2D eigenvalue weighted by Gasteiger charge is 2.27. The Balaban J connectivity index is 1.85. The molecule has 1 atom stereocenters. The Morgan fingerprint density at radius 3 is 2.68 bits per heavy atom. The fourth-order valence-corrected chi connectivity index (χ4v) is 2.94. The van der Waals surface area contributed by atoms with Crippen molar-refractivity contribution in [3.8, 4) is 0 Å². The number of nitrogens with zero attached hydrogens (tertiary/aromatic N) is 2. The van der Waals surface area contributed by atoms with Gasteiger partial charge in [0.25, 0.3) is 0 Å². The fourth-order valence-electron chi connectivity index (χ4n) is 2.94. The maximum atomic E-state index is 12.0. The monoisotopic (exact) mass is 293 g/mol. The van der Waals surface area contributed by atoms with Crippen LogP contribution in [0.15, 0.2) is 60.9 Å². The van der Waals surface area contributed by atoms with Crippen molar-refractivity contribution in [2.24, 2.45) is 5.73 Å². The van der Waals surface area contributed by atoms with E-state index in [1.807, 2.05) is 48.7 Å². The molecule has 4 nitrogen and oxygen atoms in total. The van der Waals surface area contributed by atoms with E-state index >= 15 is 0 Å². The lowest BCUT2D eigenvalue weighted by Gasteiger charge is -2.33. The van der Waals surface area contributed by atoms with E-state index in [1.165, 1.54) is 5.57 Å². The average molecular weight is 293 g/mol. The summed E-state index contributed by atoms with van der Waals surface area (Å²) in [6, 6.07) is 13.3. The highest BCUT2D eigenvalue weighted by atomic mass is 16.1. The Labute approximate surface area is 130 Å². The van der Waals surface area contributed by atoms with Crippen LogP contribution in [0.1, 0.15) is 23.6 Å². The van der Waals surface area contributed by atoms with Gasteiger partial charge in [-0.05, 0) is 29.2 Å². The lowest BCUT2D eigenvalue weighted by atomic mass is 9.98.